The summed E-state index contributed by atoms with van der Waals surface area (Å²) >= 11 is 7.06. The van der Waals surface area contributed by atoms with Gasteiger partial charge in [-0.1, -0.05) is 17.7 Å². The summed E-state index contributed by atoms with van der Waals surface area (Å²) in [6.45, 7) is 2.42. The second kappa shape index (κ2) is 9.78. The van der Waals surface area contributed by atoms with Crippen molar-refractivity contribution in [2.75, 3.05) is 26.2 Å². The van der Waals surface area contributed by atoms with Crippen LogP contribution < -0.4 is 4.80 Å². The van der Waals surface area contributed by atoms with Crippen LogP contribution in [0.25, 0.3) is 0 Å². The lowest BCUT2D eigenvalue weighted by atomic mass is 10.1. The number of nitrogens with zero attached hydrogens (tertiary/aromatic N) is 5. The number of hydrogen-bond donors (Lipinski definition) is 2. The van der Waals surface area contributed by atoms with E-state index < -0.39 is 5.82 Å². The Hall–Kier alpha value is -2.79. The van der Waals surface area contributed by atoms with Gasteiger partial charge in [0.05, 0.1) is 29.1 Å². The van der Waals surface area contributed by atoms with E-state index in [1.807, 2.05) is 0 Å². The predicted molar refractivity (Wildman–Crippen MR) is 117 cm³/mol. The summed E-state index contributed by atoms with van der Waals surface area (Å²) in [5.74, 6) is -0.681. The maximum absolute atomic E-state index is 14.2. The first kappa shape index (κ1) is 22.4. The van der Waals surface area contributed by atoms with Crippen molar-refractivity contribution in [3.8, 4) is 0 Å². The lowest BCUT2D eigenvalue weighted by Crippen LogP contribution is -2.48. The van der Waals surface area contributed by atoms with Gasteiger partial charge in [-0.05, 0) is 29.8 Å². The summed E-state index contributed by atoms with van der Waals surface area (Å²) in [6.07, 6.45) is 1.48. The molecule has 32 heavy (non-hydrogen) atoms. The molecule has 1 amide bonds. The van der Waals surface area contributed by atoms with Crippen LogP contribution in [0.2, 0.25) is 5.02 Å². The number of thiazole rings is 1. The minimum Gasteiger partial charge on any atom is -0.426 e. The monoisotopic (exact) mass is 477 g/mol. The molecule has 4 rings (SSSR count). The third kappa shape index (κ3) is 4.99. The predicted octanol–water partition coefficient (Wildman–Crippen LogP) is 2.66. The normalized spacial score (nSPS) is 15.3. The van der Waals surface area contributed by atoms with Crippen LogP contribution in [0.3, 0.4) is 0 Å². The number of halogens is 2. The van der Waals surface area contributed by atoms with Gasteiger partial charge in [-0.25, -0.2) is 9.37 Å². The number of pyridine rings is 1. The molecule has 0 bridgehead atoms. The number of hydrogen-bond acceptors (Lipinski definition) is 7. The SMILES string of the molecule is O=C(c1cccc(Cl)c1F)N1CCN(Cc2cc(CO)cc(/N=c3\sccn3O)n2)CC1. The lowest BCUT2D eigenvalue weighted by Gasteiger charge is -2.34. The van der Waals surface area contributed by atoms with Crippen LogP contribution in [0.15, 0.2) is 46.9 Å². The summed E-state index contributed by atoms with van der Waals surface area (Å²) in [5.41, 5.74) is 1.36. The number of aliphatic hydroxyl groups excluding tert-OH is 1. The first-order chi connectivity index (χ1) is 15.4. The van der Waals surface area contributed by atoms with Gasteiger partial charge in [-0.3, -0.25) is 9.69 Å². The van der Waals surface area contributed by atoms with Gasteiger partial charge in [0.1, 0.15) is 0 Å². The van der Waals surface area contributed by atoms with Crippen LogP contribution in [0.4, 0.5) is 10.2 Å². The molecule has 1 fully saturated rings. The molecule has 0 unspecified atom stereocenters. The van der Waals surface area contributed by atoms with Crippen molar-refractivity contribution in [1.82, 2.24) is 19.5 Å². The van der Waals surface area contributed by atoms with Crippen molar-refractivity contribution >= 4 is 34.7 Å². The van der Waals surface area contributed by atoms with E-state index in [1.54, 1.807) is 28.5 Å². The highest BCUT2D eigenvalue weighted by atomic mass is 35.5. The van der Waals surface area contributed by atoms with Crippen LogP contribution in [-0.4, -0.2) is 61.9 Å². The number of rotatable bonds is 5. The highest BCUT2D eigenvalue weighted by Crippen LogP contribution is 2.21. The highest BCUT2D eigenvalue weighted by Gasteiger charge is 2.25. The van der Waals surface area contributed by atoms with E-state index in [0.29, 0.717) is 48.9 Å². The van der Waals surface area contributed by atoms with Gasteiger partial charge >= 0.3 is 0 Å². The standard InChI is InChI=1S/C21H21ClFN5O3S/c22-17-3-1-2-16(19(17)23)20(30)27-6-4-26(5-7-27)12-15-10-14(13-29)11-18(24-15)25-21-28(31)8-9-32-21/h1-3,8-11,29,31H,4-7,12-13H2/b25-21-. The van der Waals surface area contributed by atoms with Crippen LogP contribution in [-0.2, 0) is 13.2 Å². The first-order valence-corrected chi connectivity index (χ1v) is 11.2. The second-order valence-electron chi connectivity index (χ2n) is 7.29. The molecule has 0 spiro atoms. The highest BCUT2D eigenvalue weighted by molar-refractivity contribution is 7.07. The lowest BCUT2D eigenvalue weighted by molar-refractivity contribution is 0.0622. The number of aromatic nitrogens is 2. The number of benzene rings is 1. The summed E-state index contributed by atoms with van der Waals surface area (Å²) in [5, 5.41) is 21.0. The quantitative estimate of drug-likeness (QED) is 0.551. The van der Waals surface area contributed by atoms with E-state index >= 15 is 0 Å². The molecule has 1 aliphatic heterocycles. The molecule has 0 atom stereocenters. The minimum atomic E-state index is -0.696. The largest absolute Gasteiger partial charge is 0.426 e. The van der Waals surface area contributed by atoms with Crippen LogP contribution in [0.5, 0.6) is 0 Å². The third-order valence-corrected chi connectivity index (χ3v) is 6.15. The maximum atomic E-state index is 14.2. The fraction of sp³-hybridized carbons (Fsp3) is 0.286. The van der Waals surface area contributed by atoms with Gasteiger partial charge in [0, 0.05) is 38.1 Å². The number of carbonyl (C=O) groups is 1. The minimum absolute atomic E-state index is 0.0239. The van der Waals surface area contributed by atoms with Crippen LogP contribution >= 0.6 is 22.9 Å². The summed E-state index contributed by atoms with van der Waals surface area (Å²) < 4.78 is 15.1. The summed E-state index contributed by atoms with van der Waals surface area (Å²) in [4.78, 5) is 25.7. The Morgan fingerprint density at radius 3 is 2.72 bits per heavy atom. The molecular formula is C21H21ClFN5O3S. The van der Waals surface area contributed by atoms with Crippen molar-refractivity contribution in [1.29, 1.82) is 0 Å². The van der Waals surface area contributed by atoms with Crippen molar-refractivity contribution in [2.45, 2.75) is 13.2 Å². The van der Waals surface area contributed by atoms with Crippen molar-refractivity contribution in [3.05, 3.63) is 74.4 Å². The molecule has 1 saturated heterocycles. The van der Waals surface area contributed by atoms with Crippen LogP contribution in [0.1, 0.15) is 21.6 Å². The third-order valence-electron chi connectivity index (χ3n) is 5.12. The van der Waals surface area contributed by atoms with Gasteiger partial charge in [-0.15, -0.1) is 11.3 Å². The fourth-order valence-electron chi connectivity index (χ4n) is 3.48. The molecule has 2 aromatic heterocycles. The molecule has 1 aliphatic rings. The van der Waals surface area contributed by atoms with Gasteiger partial charge in [0.2, 0.25) is 4.80 Å². The van der Waals surface area contributed by atoms with E-state index in [4.69, 9.17) is 11.6 Å². The molecular weight excluding hydrogens is 457 g/mol. The molecule has 3 aromatic rings. The molecule has 3 heterocycles. The Balaban J connectivity index is 1.44. The van der Waals surface area contributed by atoms with E-state index in [9.17, 15) is 19.5 Å². The number of amides is 1. The van der Waals surface area contributed by atoms with Gasteiger partial charge in [-0.2, -0.15) is 9.72 Å². The molecule has 168 valence electrons. The Morgan fingerprint density at radius 2 is 2.03 bits per heavy atom. The Morgan fingerprint density at radius 1 is 1.25 bits per heavy atom. The van der Waals surface area contributed by atoms with Crippen molar-refractivity contribution < 1.29 is 19.5 Å². The number of aliphatic hydroxyl groups is 1. The Kier molecular flexibility index (Phi) is 6.85. The van der Waals surface area contributed by atoms with Gasteiger partial charge in [0.25, 0.3) is 5.91 Å². The zero-order valence-corrected chi connectivity index (χ0v) is 18.6. The fourth-order valence-corrected chi connectivity index (χ4v) is 4.27. The Labute approximate surface area is 192 Å². The molecule has 8 nitrogen and oxygen atoms in total. The molecule has 0 saturated carbocycles. The Bertz CT molecular complexity index is 1190. The first-order valence-electron chi connectivity index (χ1n) is 9.91. The van der Waals surface area contributed by atoms with E-state index in [1.165, 1.54) is 29.7 Å². The average molecular weight is 478 g/mol. The van der Waals surface area contributed by atoms with Crippen LogP contribution in [0, 0.1) is 5.82 Å². The van der Waals surface area contributed by atoms with Gasteiger partial charge in [0.15, 0.2) is 11.6 Å². The zero-order valence-electron chi connectivity index (χ0n) is 17.0. The van der Waals surface area contributed by atoms with Crippen molar-refractivity contribution in [2.24, 2.45) is 4.99 Å². The van der Waals surface area contributed by atoms with E-state index in [0.717, 1.165) is 10.4 Å². The topological polar surface area (TPSA) is 94.2 Å². The molecule has 0 radical (unpaired) electrons. The summed E-state index contributed by atoms with van der Waals surface area (Å²) in [6, 6.07) is 7.89. The second-order valence-corrected chi connectivity index (χ2v) is 8.57. The van der Waals surface area contributed by atoms with E-state index in [-0.39, 0.29) is 23.1 Å². The zero-order chi connectivity index (χ0) is 22.7. The summed E-state index contributed by atoms with van der Waals surface area (Å²) in [7, 11) is 0. The molecule has 2 N–H and O–H groups in total. The van der Waals surface area contributed by atoms with E-state index in [2.05, 4.69) is 14.9 Å². The number of piperazine rings is 1. The maximum Gasteiger partial charge on any atom is 0.256 e. The van der Waals surface area contributed by atoms with Gasteiger partial charge < -0.3 is 15.2 Å². The molecule has 11 heteroatoms. The molecule has 1 aromatic carbocycles. The average Bonchev–Trinajstić information content (AvgIpc) is 3.19. The molecule has 0 aliphatic carbocycles. The number of carbonyl (C=O) groups excluding carboxylic acids is 1. The smallest absolute Gasteiger partial charge is 0.256 e. The van der Waals surface area contributed by atoms with Crippen molar-refractivity contribution in [3.63, 3.8) is 0 Å².